The molecule has 1 aromatic carbocycles. The van der Waals surface area contributed by atoms with Crippen molar-refractivity contribution in [2.24, 2.45) is 0 Å². The maximum Gasteiger partial charge on any atom is 0.221 e. The first-order valence-electron chi connectivity index (χ1n) is 7.28. The van der Waals surface area contributed by atoms with E-state index in [0.717, 1.165) is 16.6 Å². The number of nitrogens with two attached hydrogens (primary N) is 1. The molecule has 8 heteroatoms. The summed E-state index contributed by atoms with van der Waals surface area (Å²) >= 11 is 0. The van der Waals surface area contributed by atoms with E-state index < -0.39 is 0 Å². The Balaban J connectivity index is 1.85. The van der Waals surface area contributed by atoms with Gasteiger partial charge in [0.15, 0.2) is 11.5 Å². The van der Waals surface area contributed by atoms with Crippen LogP contribution in [-0.4, -0.2) is 36.3 Å². The Bertz CT molecular complexity index is 837. The van der Waals surface area contributed by atoms with Crippen LogP contribution in [0.1, 0.15) is 5.56 Å². The van der Waals surface area contributed by atoms with Crippen molar-refractivity contribution in [1.82, 2.24) is 15.0 Å². The normalized spacial score (nSPS) is 10.6. The first kappa shape index (κ1) is 15.7. The highest BCUT2D eigenvalue weighted by atomic mass is 16.5. The fourth-order valence-corrected chi connectivity index (χ4v) is 2.50. The van der Waals surface area contributed by atoms with E-state index in [2.05, 4.69) is 20.3 Å². The van der Waals surface area contributed by atoms with E-state index in [1.807, 2.05) is 18.3 Å². The zero-order valence-corrected chi connectivity index (χ0v) is 13.7. The number of benzene rings is 1. The van der Waals surface area contributed by atoms with Crippen LogP contribution in [0, 0.1) is 0 Å². The molecule has 0 fully saturated rings. The molecule has 8 nitrogen and oxygen atoms in total. The smallest absolute Gasteiger partial charge is 0.221 e. The molecule has 126 valence electrons. The molecule has 2 aromatic heterocycles. The molecule has 4 N–H and O–H groups in total. The van der Waals surface area contributed by atoms with Crippen LogP contribution in [0.5, 0.6) is 17.2 Å². The summed E-state index contributed by atoms with van der Waals surface area (Å²) in [6.45, 7) is 0.575. The number of aromatic amines is 1. The molecule has 24 heavy (non-hydrogen) atoms. The van der Waals surface area contributed by atoms with Gasteiger partial charge in [0, 0.05) is 42.1 Å². The third-order valence-electron chi connectivity index (χ3n) is 3.68. The molecular formula is C16H19N5O3. The Labute approximate surface area is 139 Å². The fraction of sp³-hybridized carbons (Fsp3) is 0.250. The Morgan fingerprint density at radius 1 is 1.12 bits per heavy atom. The lowest BCUT2D eigenvalue weighted by atomic mass is 10.2. The summed E-state index contributed by atoms with van der Waals surface area (Å²) in [4.78, 5) is 11.3. The molecule has 0 amide bonds. The molecule has 0 saturated heterocycles. The molecule has 0 saturated carbocycles. The standard InChI is InChI=1S/C16H19N5O3/c1-22-12-4-10(5-13(23-2)14(12)24-3)18-6-9-7-19-15-11(9)8-20-16(17)21-15/h4-5,7-8,18H,6H2,1-3H3,(H3,17,19,20,21). The van der Waals surface area contributed by atoms with Crippen molar-refractivity contribution in [1.29, 1.82) is 0 Å². The highest BCUT2D eigenvalue weighted by molar-refractivity contribution is 5.80. The van der Waals surface area contributed by atoms with Crippen LogP contribution in [0.4, 0.5) is 11.6 Å². The van der Waals surface area contributed by atoms with Crippen LogP contribution in [0.3, 0.4) is 0 Å². The second-order valence-corrected chi connectivity index (χ2v) is 5.07. The van der Waals surface area contributed by atoms with Crippen molar-refractivity contribution >= 4 is 22.7 Å². The molecule has 0 aliphatic heterocycles. The molecule has 0 atom stereocenters. The van der Waals surface area contributed by atoms with Crippen molar-refractivity contribution in [3.8, 4) is 17.2 Å². The van der Waals surface area contributed by atoms with E-state index in [0.29, 0.717) is 29.4 Å². The number of aromatic nitrogens is 3. The number of nitrogen functional groups attached to an aromatic ring is 1. The summed E-state index contributed by atoms with van der Waals surface area (Å²) < 4.78 is 16.0. The quantitative estimate of drug-likeness (QED) is 0.636. The van der Waals surface area contributed by atoms with Gasteiger partial charge < -0.3 is 30.2 Å². The lowest BCUT2D eigenvalue weighted by Gasteiger charge is -2.15. The van der Waals surface area contributed by atoms with E-state index >= 15 is 0 Å². The predicted molar refractivity (Wildman–Crippen MR) is 91.7 cm³/mol. The number of H-pyrrole nitrogens is 1. The molecule has 0 bridgehead atoms. The Morgan fingerprint density at radius 2 is 1.83 bits per heavy atom. The van der Waals surface area contributed by atoms with Crippen molar-refractivity contribution in [3.05, 3.63) is 30.1 Å². The van der Waals surface area contributed by atoms with Crippen LogP contribution in [0.15, 0.2) is 24.5 Å². The second kappa shape index (κ2) is 6.53. The molecule has 3 rings (SSSR count). The molecule has 2 heterocycles. The largest absolute Gasteiger partial charge is 0.493 e. The van der Waals surface area contributed by atoms with E-state index in [-0.39, 0.29) is 5.95 Å². The van der Waals surface area contributed by atoms with Crippen LogP contribution in [0.25, 0.3) is 11.0 Å². The second-order valence-electron chi connectivity index (χ2n) is 5.07. The maximum atomic E-state index is 5.59. The number of methoxy groups -OCH3 is 3. The minimum atomic E-state index is 0.244. The SMILES string of the molecule is COc1cc(NCc2c[nH]c3nc(N)ncc23)cc(OC)c1OC. The van der Waals surface area contributed by atoms with Gasteiger partial charge in [0.25, 0.3) is 0 Å². The Kier molecular flexibility index (Phi) is 4.28. The molecular weight excluding hydrogens is 310 g/mol. The van der Waals surface area contributed by atoms with Crippen LogP contribution in [-0.2, 0) is 6.54 Å². The molecule has 0 aliphatic carbocycles. The monoisotopic (exact) mass is 329 g/mol. The van der Waals surface area contributed by atoms with Crippen LogP contribution in [0.2, 0.25) is 0 Å². The number of nitrogens with zero attached hydrogens (tertiary/aromatic N) is 2. The van der Waals surface area contributed by atoms with E-state index in [1.54, 1.807) is 27.5 Å². The molecule has 0 aliphatic rings. The summed E-state index contributed by atoms with van der Waals surface area (Å²) in [6.07, 6.45) is 3.59. The van der Waals surface area contributed by atoms with Crippen LogP contribution < -0.4 is 25.3 Å². The zero-order chi connectivity index (χ0) is 17.1. The van der Waals surface area contributed by atoms with E-state index in [4.69, 9.17) is 19.9 Å². The van der Waals surface area contributed by atoms with Crippen molar-refractivity contribution in [2.75, 3.05) is 32.4 Å². The lowest BCUT2D eigenvalue weighted by molar-refractivity contribution is 0.324. The minimum Gasteiger partial charge on any atom is -0.493 e. The average Bonchev–Trinajstić information content (AvgIpc) is 3.00. The van der Waals surface area contributed by atoms with Crippen LogP contribution >= 0.6 is 0 Å². The average molecular weight is 329 g/mol. The Morgan fingerprint density at radius 3 is 2.46 bits per heavy atom. The van der Waals surface area contributed by atoms with Gasteiger partial charge in [-0.05, 0) is 5.56 Å². The maximum absolute atomic E-state index is 5.59. The number of ether oxygens (including phenoxy) is 3. The topological polar surface area (TPSA) is 107 Å². The van der Waals surface area contributed by atoms with Crippen molar-refractivity contribution < 1.29 is 14.2 Å². The van der Waals surface area contributed by atoms with Gasteiger partial charge in [-0.1, -0.05) is 0 Å². The number of hydrogen-bond donors (Lipinski definition) is 3. The number of hydrogen-bond acceptors (Lipinski definition) is 7. The van der Waals surface area contributed by atoms with Gasteiger partial charge in [-0.15, -0.1) is 0 Å². The van der Waals surface area contributed by atoms with E-state index in [9.17, 15) is 0 Å². The number of anilines is 2. The van der Waals surface area contributed by atoms with E-state index in [1.165, 1.54) is 0 Å². The predicted octanol–water partition coefficient (Wildman–Crippen LogP) is 2.18. The first-order chi connectivity index (χ1) is 11.7. The first-order valence-corrected chi connectivity index (χ1v) is 7.28. The fourth-order valence-electron chi connectivity index (χ4n) is 2.50. The third-order valence-corrected chi connectivity index (χ3v) is 3.68. The van der Waals surface area contributed by atoms with Crippen molar-refractivity contribution in [3.63, 3.8) is 0 Å². The van der Waals surface area contributed by atoms with Crippen molar-refractivity contribution in [2.45, 2.75) is 6.54 Å². The van der Waals surface area contributed by atoms with Gasteiger partial charge in [0.2, 0.25) is 11.7 Å². The summed E-state index contributed by atoms with van der Waals surface area (Å²) in [5, 5.41) is 4.25. The number of nitrogens with one attached hydrogen (secondary N) is 2. The van der Waals surface area contributed by atoms with Gasteiger partial charge in [0.05, 0.1) is 21.3 Å². The van der Waals surface area contributed by atoms with Gasteiger partial charge in [-0.25, -0.2) is 4.98 Å². The summed E-state index contributed by atoms with van der Waals surface area (Å²) in [5.74, 6) is 1.98. The summed E-state index contributed by atoms with van der Waals surface area (Å²) in [7, 11) is 4.75. The highest BCUT2D eigenvalue weighted by Crippen LogP contribution is 2.40. The number of fused-ring (bicyclic) bond motifs is 1. The van der Waals surface area contributed by atoms with Gasteiger partial charge in [0.1, 0.15) is 5.65 Å². The molecule has 0 unspecified atom stereocenters. The van der Waals surface area contributed by atoms with Gasteiger partial charge in [-0.2, -0.15) is 4.98 Å². The molecule has 0 spiro atoms. The summed E-state index contributed by atoms with van der Waals surface area (Å²) in [6, 6.07) is 3.70. The lowest BCUT2D eigenvalue weighted by Crippen LogP contribution is -2.02. The number of rotatable bonds is 6. The Hall–Kier alpha value is -3.16. The minimum absolute atomic E-state index is 0.244. The highest BCUT2D eigenvalue weighted by Gasteiger charge is 2.13. The summed E-state index contributed by atoms with van der Waals surface area (Å²) in [5.41, 5.74) is 8.17. The van der Waals surface area contributed by atoms with Gasteiger partial charge >= 0.3 is 0 Å². The molecule has 0 radical (unpaired) electrons. The third kappa shape index (κ3) is 2.85. The van der Waals surface area contributed by atoms with Gasteiger partial charge in [-0.3, -0.25) is 0 Å². The molecule has 3 aromatic rings. The zero-order valence-electron chi connectivity index (χ0n) is 13.7.